The van der Waals surface area contributed by atoms with Gasteiger partial charge in [0.1, 0.15) is 0 Å². The van der Waals surface area contributed by atoms with Crippen molar-refractivity contribution in [2.45, 2.75) is 136 Å². The molecular formula is C24H48O. The molecule has 1 fully saturated rings. The number of epoxide rings is 1. The highest BCUT2D eigenvalue weighted by molar-refractivity contribution is 4.79. The van der Waals surface area contributed by atoms with Crippen LogP contribution >= 0.6 is 0 Å². The van der Waals surface area contributed by atoms with Gasteiger partial charge in [0.05, 0.1) is 12.7 Å². The second-order valence-electron chi connectivity index (χ2n) is 8.61. The van der Waals surface area contributed by atoms with E-state index in [0.717, 1.165) is 18.4 Å². The van der Waals surface area contributed by atoms with E-state index < -0.39 is 0 Å². The number of hydrogen-bond donors (Lipinski definition) is 0. The molecule has 1 heterocycles. The van der Waals surface area contributed by atoms with Crippen molar-refractivity contribution in [3.63, 3.8) is 0 Å². The van der Waals surface area contributed by atoms with Crippen molar-refractivity contribution in [3.05, 3.63) is 0 Å². The van der Waals surface area contributed by atoms with Crippen LogP contribution in [-0.4, -0.2) is 12.7 Å². The van der Waals surface area contributed by atoms with Gasteiger partial charge in [-0.15, -0.1) is 0 Å². The second kappa shape index (κ2) is 16.2. The summed E-state index contributed by atoms with van der Waals surface area (Å²) in [6.07, 6.45) is 25.0. The van der Waals surface area contributed by atoms with Gasteiger partial charge in [0.25, 0.3) is 0 Å². The molecule has 3 unspecified atom stereocenters. The van der Waals surface area contributed by atoms with Gasteiger partial charge in [-0.1, -0.05) is 124 Å². The van der Waals surface area contributed by atoms with Crippen LogP contribution in [-0.2, 0) is 4.74 Å². The van der Waals surface area contributed by atoms with Crippen LogP contribution in [0, 0.1) is 11.8 Å². The summed E-state index contributed by atoms with van der Waals surface area (Å²) in [6.45, 7) is 8.06. The predicted molar refractivity (Wildman–Crippen MR) is 112 cm³/mol. The first-order valence-electron chi connectivity index (χ1n) is 11.9. The molecule has 3 atom stereocenters. The lowest BCUT2D eigenvalue weighted by molar-refractivity contribution is 0.229. The Morgan fingerprint density at radius 2 is 1.08 bits per heavy atom. The Kier molecular flexibility index (Phi) is 14.9. The summed E-state index contributed by atoms with van der Waals surface area (Å²) < 4.78 is 5.52. The molecule has 1 saturated heterocycles. The number of unbranched alkanes of at least 4 members (excludes halogenated alkanes) is 10. The van der Waals surface area contributed by atoms with E-state index in [1.54, 1.807) is 0 Å². The first-order chi connectivity index (χ1) is 12.3. The fourth-order valence-electron chi connectivity index (χ4n) is 4.52. The fourth-order valence-corrected chi connectivity index (χ4v) is 4.52. The third kappa shape index (κ3) is 12.9. The molecule has 1 aliphatic heterocycles. The minimum absolute atomic E-state index is 0.619. The van der Waals surface area contributed by atoms with Crippen LogP contribution < -0.4 is 0 Å². The van der Waals surface area contributed by atoms with Gasteiger partial charge in [-0.2, -0.15) is 0 Å². The van der Waals surface area contributed by atoms with E-state index >= 15 is 0 Å². The van der Waals surface area contributed by atoms with Crippen molar-refractivity contribution in [2.75, 3.05) is 6.61 Å². The third-order valence-electron chi connectivity index (χ3n) is 6.13. The number of rotatable bonds is 19. The number of hydrogen-bond acceptors (Lipinski definition) is 1. The van der Waals surface area contributed by atoms with E-state index in [-0.39, 0.29) is 0 Å². The lowest BCUT2D eigenvalue weighted by Crippen LogP contribution is -2.17. The van der Waals surface area contributed by atoms with Gasteiger partial charge in [-0.05, 0) is 18.3 Å². The Morgan fingerprint density at radius 1 is 0.600 bits per heavy atom. The van der Waals surface area contributed by atoms with Crippen LogP contribution in [0.25, 0.3) is 0 Å². The SMILES string of the molecule is CCCCCCCCCCCCCC(CCC)C(CCC)CC1CO1. The van der Waals surface area contributed by atoms with Gasteiger partial charge >= 0.3 is 0 Å². The lowest BCUT2D eigenvalue weighted by Gasteiger charge is -2.26. The van der Waals surface area contributed by atoms with Crippen LogP contribution in [0.1, 0.15) is 130 Å². The van der Waals surface area contributed by atoms with Crippen molar-refractivity contribution in [1.82, 2.24) is 0 Å². The lowest BCUT2D eigenvalue weighted by atomic mass is 9.79. The first-order valence-corrected chi connectivity index (χ1v) is 11.9. The van der Waals surface area contributed by atoms with E-state index in [1.165, 1.54) is 109 Å². The van der Waals surface area contributed by atoms with Crippen LogP contribution in [0.2, 0.25) is 0 Å². The summed E-state index contributed by atoms with van der Waals surface area (Å²) in [4.78, 5) is 0. The Hall–Kier alpha value is -0.0400. The average molecular weight is 353 g/mol. The van der Waals surface area contributed by atoms with Gasteiger partial charge in [-0.3, -0.25) is 0 Å². The monoisotopic (exact) mass is 352 g/mol. The van der Waals surface area contributed by atoms with E-state index in [2.05, 4.69) is 20.8 Å². The molecule has 0 aromatic rings. The molecule has 0 amide bonds. The average Bonchev–Trinajstić information content (AvgIpc) is 3.42. The molecule has 0 spiro atoms. The molecule has 1 rings (SSSR count). The highest BCUT2D eigenvalue weighted by atomic mass is 16.6. The van der Waals surface area contributed by atoms with Crippen LogP contribution in [0.5, 0.6) is 0 Å². The van der Waals surface area contributed by atoms with Crippen molar-refractivity contribution in [2.24, 2.45) is 11.8 Å². The van der Waals surface area contributed by atoms with E-state index in [0.29, 0.717) is 6.10 Å². The highest BCUT2D eigenvalue weighted by Crippen LogP contribution is 2.34. The molecule has 0 saturated carbocycles. The zero-order chi connectivity index (χ0) is 18.2. The normalized spacial score (nSPS) is 19.1. The van der Waals surface area contributed by atoms with E-state index in [9.17, 15) is 0 Å². The van der Waals surface area contributed by atoms with Gasteiger partial charge in [0, 0.05) is 0 Å². The molecule has 25 heavy (non-hydrogen) atoms. The smallest absolute Gasteiger partial charge is 0.0812 e. The summed E-state index contributed by atoms with van der Waals surface area (Å²) in [6, 6.07) is 0. The summed E-state index contributed by atoms with van der Waals surface area (Å²) >= 11 is 0. The highest BCUT2D eigenvalue weighted by Gasteiger charge is 2.29. The molecular weight excluding hydrogens is 304 g/mol. The quantitative estimate of drug-likeness (QED) is 0.168. The maximum Gasteiger partial charge on any atom is 0.0812 e. The Morgan fingerprint density at radius 3 is 1.56 bits per heavy atom. The molecule has 0 radical (unpaired) electrons. The predicted octanol–water partition coefficient (Wildman–Crippen LogP) is 8.31. The minimum Gasteiger partial charge on any atom is -0.373 e. The molecule has 0 aromatic carbocycles. The summed E-state index contributed by atoms with van der Waals surface area (Å²) in [5.41, 5.74) is 0. The van der Waals surface area contributed by atoms with E-state index in [4.69, 9.17) is 4.74 Å². The molecule has 1 aliphatic rings. The van der Waals surface area contributed by atoms with Crippen molar-refractivity contribution < 1.29 is 4.74 Å². The topological polar surface area (TPSA) is 12.5 Å². The fraction of sp³-hybridized carbons (Fsp3) is 1.00. The van der Waals surface area contributed by atoms with Gasteiger partial charge < -0.3 is 4.74 Å². The molecule has 150 valence electrons. The van der Waals surface area contributed by atoms with Crippen LogP contribution in [0.15, 0.2) is 0 Å². The standard InChI is InChI=1S/C24H48O/c1-4-7-8-9-10-11-12-13-14-15-16-19-22(17-5-2)23(18-6-3)20-24-21-25-24/h22-24H,4-21H2,1-3H3. The third-order valence-corrected chi connectivity index (χ3v) is 6.13. The van der Waals surface area contributed by atoms with Crippen LogP contribution in [0.4, 0.5) is 0 Å². The Labute approximate surface area is 159 Å². The molecule has 1 heteroatoms. The summed E-state index contributed by atoms with van der Waals surface area (Å²) in [5, 5.41) is 0. The van der Waals surface area contributed by atoms with Crippen LogP contribution in [0.3, 0.4) is 0 Å². The molecule has 0 bridgehead atoms. The number of ether oxygens (including phenoxy) is 1. The molecule has 0 N–H and O–H groups in total. The first kappa shape index (κ1) is 23.0. The maximum atomic E-state index is 5.52. The largest absolute Gasteiger partial charge is 0.373 e. The van der Waals surface area contributed by atoms with Crippen molar-refractivity contribution in [1.29, 1.82) is 0 Å². The van der Waals surface area contributed by atoms with Gasteiger partial charge in [0.15, 0.2) is 0 Å². The van der Waals surface area contributed by atoms with Gasteiger partial charge in [0.2, 0.25) is 0 Å². The zero-order valence-corrected chi connectivity index (χ0v) is 17.9. The molecule has 1 nitrogen and oxygen atoms in total. The molecule has 0 aliphatic carbocycles. The molecule has 0 aromatic heterocycles. The Balaban J connectivity index is 2.03. The minimum atomic E-state index is 0.619. The summed E-state index contributed by atoms with van der Waals surface area (Å²) in [7, 11) is 0. The van der Waals surface area contributed by atoms with Crippen molar-refractivity contribution >= 4 is 0 Å². The van der Waals surface area contributed by atoms with Crippen molar-refractivity contribution in [3.8, 4) is 0 Å². The summed E-state index contributed by atoms with van der Waals surface area (Å²) in [5.74, 6) is 1.90. The Bertz CT molecular complexity index is 271. The zero-order valence-electron chi connectivity index (χ0n) is 17.9. The van der Waals surface area contributed by atoms with E-state index in [1.807, 2.05) is 0 Å². The second-order valence-corrected chi connectivity index (χ2v) is 8.61. The maximum absolute atomic E-state index is 5.52. The van der Waals surface area contributed by atoms with Gasteiger partial charge in [-0.25, -0.2) is 0 Å².